The maximum Gasteiger partial charge on any atom is 0.193 e. The first-order valence-electron chi connectivity index (χ1n) is 9.39. The smallest absolute Gasteiger partial charge is 0.193 e. The zero-order valence-corrected chi connectivity index (χ0v) is 19.7. The molecule has 0 unspecified atom stereocenters. The molecule has 0 atom stereocenters. The molecule has 1 N–H and O–H groups in total. The molecule has 5 nitrogen and oxygen atoms in total. The lowest BCUT2D eigenvalue weighted by Crippen LogP contribution is -2.39. The molecule has 1 aromatic rings. The first kappa shape index (κ1) is 25.9. The van der Waals surface area contributed by atoms with Gasteiger partial charge in [-0.05, 0) is 44.7 Å². The topological polar surface area (TPSA) is 61.8 Å². The van der Waals surface area contributed by atoms with Crippen molar-refractivity contribution in [1.29, 1.82) is 0 Å². The minimum Gasteiger partial charge on any atom is -0.357 e. The van der Waals surface area contributed by atoms with Gasteiger partial charge < -0.3 is 10.2 Å². The molecule has 0 aromatic heterocycles. The lowest BCUT2D eigenvalue weighted by molar-refractivity contribution is 0.455. The van der Waals surface area contributed by atoms with Crippen molar-refractivity contribution in [2.75, 3.05) is 32.4 Å². The first-order chi connectivity index (χ1) is 12.5. The van der Waals surface area contributed by atoms with Crippen LogP contribution >= 0.6 is 24.0 Å². The first-order valence-corrected chi connectivity index (χ1v) is 11.0. The summed E-state index contributed by atoms with van der Waals surface area (Å²) in [6.07, 6.45) is 6.98. The Morgan fingerprint density at radius 1 is 1.19 bits per heavy atom. The highest BCUT2D eigenvalue weighted by Gasteiger charge is 2.13. The second-order valence-electron chi connectivity index (χ2n) is 6.28. The van der Waals surface area contributed by atoms with Crippen LogP contribution in [0.1, 0.15) is 39.0 Å². The van der Waals surface area contributed by atoms with Crippen LogP contribution in [-0.4, -0.2) is 51.7 Å². The average Bonchev–Trinajstić information content (AvgIpc) is 2.64. The molecule has 0 amide bonds. The molecular weight excluding hydrogens is 473 g/mol. The Kier molecular flexibility index (Phi) is 14.3. The van der Waals surface area contributed by atoms with Crippen LogP contribution in [0.4, 0.5) is 0 Å². The van der Waals surface area contributed by atoms with Crippen molar-refractivity contribution in [3.63, 3.8) is 0 Å². The summed E-state index contributed by atoms with van der Waals surface area (Å²) in [5.74, 6) is 0.957. The summed E-state index contributed by atoms with van der Waals surface area (Å²) in [7, 11) is -1.20. The number of sulfone groups is 1. The Labute approximate surface area is 182 Å². The molecule has 0 saturated heterocycles. The van der Waals surface area contributed by atoms with E-state index < -0.39 is 9.84 Å². The van der Waals surface area contributed by atoms with Crippen LogP contribution in [-0.2, 0) is 9.84 Å². The molecule has 0 aliphatic rings. The van der Waals surface area contributed by atoms with E-state index in [1.54, 1.807) is 24.3 Å². The van der Waals surface area contributed by atoms with E-state index in [1.807, 2.05) is 26.1 Å². The number of rotatable bonds is 12. The monoisotopic (exact) mass is 507 g/mol. The number of nitrogens with one attached hydrogen (secondary N) is 1. The van der Waals surface area contributed by atoms with E-state index in [1.165, 1.54) is 12.8 Å². The minimum atomic E-state index is -3.23. The number of guanidine groups is 1. The van der Waals surface area contributed by atoms with Gasteiger partial charge in [0.05, 0.1) is 10.6 Å². The molecule has 0 saturated carbocycles. The van der Waals surface area contributed by atoms with E-state index >= 15 is 0 Å². The van der Waals surface area contributed by atoms with Crippen molar-refractivity contribution >= 4 is 39.8 Å². The molecule has 0 spiro atoms. The summed E-state index contributed by atoms with van der Waals surface area (Å²) >= 11 is 0. The summed E-state index contributed by atoms with van der Waals surface area (Å²) in [6.45, 7) is 8.00. The molecule has 0 aliphatic heterocycles. The van der Waals surface area contributed by atoms with Gasteiger partial charge in [-0.15, -0.1) is 30.6 Å². The zero-order chi connectivity index (χ0) is 19.3. The van der Waals surface area contributed by atoms with Gasteiger partial charge in [0, 0.05) is 26.7 Å². The lowest BCUT2D eigenvalue weighted by Gasteiger charge is -2.22. The fourth-order valence-corrected chi connectivity index (χ4v) is 3.89. The Morgan fingerprint density at radius 3 is 2.52 bits per heavy atom. The van der Waals surface area contributed by atoms with Gasteiger partial charge in [0.25, 0.3) is 0 Å². The van der Waals surface area contributed by atoms with Crippen LogP contribution in [0.25, 0.3) is 0 Å². The van der Waals surface area contributed by atoms with Crippen LogP contribution in [0, 0.1) is 0 Å². The van der Waals surface area contributed by atoms with Crippen molar-refractivity contribution in [1.82, 2.24) is 10.2 Å². The minimum absolute atomic E-state index is 0. The summed E-state index contributed by atoms with van der Waals surface area (Å²) in [5.41, 5.74) is 0. The molecule has 0 fully saturated rings. The van der Waals surface area contributed by atoms with Gasteiger partial charge in [0.1, 0.15) is 0 Å². The van der Waals surface area contributed by atoms with Crippen LogP contribution < -0.4 is 5.32 Å². The number of halogens is 1. The highest BCUT2D eigenvalue weighted by atomic mass is 127. The summed E-state index contributed by atoms with van der Waals surface area (Å²) < 4.78 is 24.6. The quantitative estimate of drug-likeness (QED) is 0.152. The maximum atomic E-state index is 12.3. The van der Waals surface area contributed by atoms with E-state index in [0.717, 1.165) is 31.9 Å². The largest absolute Gasteiger partial charge is 0.357 e. The van der Waals surface area contributed by atoms with Gasteiger partial charge in [-0.3, -0.25) is 4.99 Å². The maximum absolute atomic E-state index is 12.3. The number of hydrogen-bond acceptors (Lipinski definition) is 3. The molecule has 0 aliphatic carbocycles. The Morgan fingerprint density at radius 2 is 1.89 bits per heavy atom. The molecule has 1 aromatic carbocycles. The summed E-state index contributed by atoms with van der Waals surface area (Å²) in [6, 6.07) is 8.60. The van der Waals surface area contributed by atoms with E-state index in [0.29, 0.717) is 17.9 Å². The number of allylic oxidation sites excluding steroid dienone is 1. The molecule has 27 heavy (non-hydrogen) atoms. The third kappa shape index (κ3) is 10.7. The highest BCUT2D eigenvalue weighted by Crippen LogP contribution is 2.11. The second-order valence-corrected chi connectivity index (χ2v) is 8.39. The Balaban J connectivity index is 0.00000676. The number of nitrogens with zero attached hydrogens (tertiary/aromatic N) is 2. The van der Waals surface area contributed by atoms with Crippen molar-refractivity contribution in [3.05, 3.63) is 43.0 Å². The molecule has 7 heteroatoms. The lowest BCUT2D eigenvalue weighted by atomic mass is 10.2. The van der Waals surface area contributed by atoms with Crippen molar-refractivity contribution in [2.45, 2.75) is 43.9 Å². The van der Waals surface area contributed by atoms with E-state index in [9.17, 15) is 8.42 Å². The SMILES string of the molecule is C=CCCCCCN(C)C(=NCCCS(=O)(=O)c1ccccc1)NCC.I. The van der Waals surface area contributed by atoms with Gasteiger partial charge in [0.15, 0.2) is 15.8 Å². The molecule has 0 heterocycles. The molecule has 0 bridgehead atoms. The fraction of sp³-hybridized carbons (Fsp3) is 0.550. The number of unbranched alkanes of at least 4 members (excludes halogenated alkanes) is 3. The second kappa shape index (κ2) is 14.9. The Bertz CT molecular complexity index is 648. The van der Waals surface area contributed by atoms with Crippen LogP contribution in [0.2, 0.25) is 0 Å². The summed E-state index contributed by atoms with van der Waals surface area (Å²) in [4.78, 5) is 7.07. The normalized spacial score (nSPS) is 11.6. The predicted molar refractivity (Wildman–Crippen MR) is 126 cm³/mol. The zero-order valence-electron chi connectivity index (χ0n) is 16.6. The Hall–Kier alpha value is -1.09. The van der Waals surface area contributed by atoms with E-state index in [4.69, 9.17) is 0 Å². The number of aliphatic imine (C=N–C) groups is 1. The summed E-state index contributed by atoms with van der Waals surface area (Å²) in [5, 5.41) is 3.27. The number of hydrogen-bond donors (Lipinski definition) is 1. The molecule has 0 radical (unpaired) electrons. The highest BCUT2D eigenvalue weighted by molar-refractivity contribution is 14.0. The molecule has 1 rings (SSSR count). The van der Waals surface area contributed by atoms with Gasteiger partial charge in [-0.2, -0.15) is 0 Å². The third-order valence-electron chi connectivity index (χ3n) is 4.03. The molecule has 154 valence electrons. The van der Waals surface area contributed by atoms with Crippen molar-refractivity contribution in [2.24, 2.45) is 4.99 Å². The van der Waals surface area contributed by atoms with Crippen LogP contribution in [0.5, 0.6) is 0 Å². The standard InChI is InChI=1S/C20H33N3O2S.HI/c1-4-6-7-8-12-17-23(3)20(21-5-2)22-16-13-18-26(24,25)19-14-10-9-11-15-19;/h4,9-11,14-15H,1,5-8,12-13,16-18H2,2-3H3,(H,21,22);1H. The fourth-order valence-electron chi connectivity index (χ4n) is 2.58. The van der Waals surface area contributed by atoms with E-state index in [-0.39, 0.29) is 29.7 Å². The van der Waals surface area contributed by atoms with Crippen molar-refractivity contribution in [3.8, 4) is 0 Å². The van der Waals surface area contributed by atoms with Gasteiger partial charge in [-0.25, -0.2) is 8.42 Å². The third-order valence-corrected chi connectivity index (χ3v) is 5.85. The van der Waals surface area contributed by atoms with Crippen molar-refractivity contribution < 1.29 is 8.42 Å². The van der Waals surface area contributed by atoms with Crippen LogP contribution in [0.3, 0.4) is 0 Å². The van der Waals surface area contributed by atoms with Gasteiger partial charge >= 0.3 is 0 Å². The predicted octanol–water partition coefficient (Wildman–Crippen LogP) is 4.11. The van der Waals surface area contributed by atoms with Gasteiger partial charge in [-0.1, -0.05) is 30.7 Å². The average molecular weight is 507 g/mol. The van der Waals surface area contributed by atoms with E-state index in [2.05, 4.69) is 21.8 Å². The molecular formula is C20H34IN3O2S. The van der Waals surface area contributed by atoms with Crippen LogP contribution in [0.15, 0.2) is 52.9 Å². The van der Waals surface area contributed by atoms with Gasteiger partial charge in [0.2, 0.25) is 0 Å². The number of benzene rings is 1.